The van der Waals surface area contributed by atoms with Crippen LogP contribution in [0.15, 0.2) is 42.5 Å². The lowest BCUT2D eigenvalue weighted by Crippen LogP contribution is -2.48. The van der Waals surface area contributed by atoms with E-state index in [0.29, 0.717) is 18.1 Å². The molecule has 2 N–H and O–H groups in total. The molecule has 2 aliphatic heterocycles. The average Bonchev–Trinajstić information content (AvgIpc) is 2.85. The molecule has 0 spiro atoms. The average molecular weight is 317 g/mol. The Hall–Kier alpha value is -1.58. The Bertz CT molecular complexity index is 670. The van der Waals surface area contributed by atoms with E-state index in [2.05, 4.69) is 22.8 Å². The lowest BCUT2D eigenvalue weighted by atomic mass is 9.98. The minimum absolute atomic E-state index is 0. The minimum atomic E-state index is 0. The maximum absolute atomic E-state index is 12.6. The Morgan fingerprint density at radius 1 is 1.00 bits per heavy atom. The largest absolute Gasteiger partial charge is 0.349 e. The molecule has 0 radical (unpaired) electrons. The summed E-state index contributed by atoms with van der Waals surface area (Å²) in [5.74, 6) is 0.0677. The number of halogens is 1. The van der Waals surface area contributed by atoms with Gasteiger partial charge in [0, 0.05) is 23.7 Å². The molecular weight excluding hydrogens is 296 g/mol. The van der Waals surface area contributed by atoms with Crippen molar-refractivity contribution in [1.82, 2.24) is 10.6 Å². The van der Waals surface area contributed by atoms with Gasteiger partial charge in [0.05, 0.1) is 0 Å². The van der Waals surface area contributed by atoms with Gasteiger partial charge < -0.3 is 10.6 Å². The van der Waals surface area contributed by atoms with Gasteiger partial charge in [-0.15, -0.1) is 12.4 Å². The van der Waals surface area contributed by atoms with Crippen molar-refractivity contribution >= 4 is 29.1 Å². The third kappa shape index (κ3) is 2.83. The Morgan fingerprint density at radius 2 is 1.68 bits per heavy atom. The van der Waals surface area contributed by atoms with Crippen molar-refractivity contribution in [2.45, 2.75) is 43.8 Å². The lowest BCUT2D eigenvalue weighted by Gasteiger charge is -2.29. The fraction of sp³-hybridized carbons (Fsp3) is 0.389. The maximum atomic E-state index is 12.6. The van der Waals surface area contributed by atoms with Crippen molar-refractivity contribution in [2.24, 2.45) is 0 Å². The van der Waals surface area contributed by atoms with Gasteiger partial charge in [-0.2, -0.15) is 0 Å². The van der Waals surface area contributed by atoms with Gasteiger partial charge in [0.15, 0.2) is 0 Å². The number of carbonyl (C=O) groups is 1. The molecule has 2 heterocycles. The van der Waals surface area contributed by atoms with Gasteiger partial charge in [-0.3, -0.25) is 4.79 Å². The summed E-state index contributed by atoms with van der Waals surface area (Å²) in [5, 5.41) is 9.02. The van der Waals surface area contributed by atoms with Gasteiger partial charge in [-0.05, 0) is 42.5 Å². The molecule has 3 nitrogen and oxygen atoms in total. The molecule has 0 saturated carbocycles. The molecule has 22 heavy (non-hydrogen) atoms. The standard InChI is InChI=1S/C18H20N2O.ClH/c21-18(20-15-10-13-8-9-14(11-15)19-13)17-7-3-5-12-4-1-2-6-16(12)17;/h1-7,13-15,19H,8-11H2,(H,20,21);1H. The van der Waals surface area contributed by atoms with Crippen molar-refractivity contribution in [2.75, 3.05) is 0 Å². The van der Waals surface area contributed by atoms with Crippen LogP contribution >= 0.6 is 12.4 Å². The fourth-order valence-electron chi connectivity index (χ4n) is 3.86. The second-order valence-corrected chi connectivity index (χ2v) is 6.31. The van der Waals surface area contributed by atoms with Gasteiger partial charge in [0.25, 0.3) is 5.91 Å². The SMILES string of the molecule is Cl.O=C(NC1CC2CCC(C1)N2)c1cccc2ccccc12. The van der Waals surface area contributed by atoms with E-state index in [1.54, 1.807) is 0 Å². The van der Waals surface area contributed by atoms with E-state index in [1.165, 1.54) is 12.8 Å². The molecule has 4 rings (SSSR count). The third-order valence-electron chi connectivity index (χ3n) is 4.84. The molecule has 2 saturated heterocycles. The van der Waals surface area contributed by atoms with Crippen molar-refractivity contribution in [3.8, 4) is 0 Å². The number of amides is 1. The Labute approximate surface area is 136 Å². The molecule has 0 aromatic heterocycles. The Kier molecular flexibility index (Phi) is 4.37. The third-order valence-corrected chi connectivity index (χ3v) is 4.84. The molecule has 4 heteroatoms. The molecule has 0 aliphatic carbocycles. The van der Waals surface area contributed by atoms with Crippen LogP contribution in [0.25, 0.3) is 10.8 Å². The topological polar surface area (TPSA) is 41.1 Å². The Balaban J connectivity index is 0.00000144. The van der Waals surface area contributed by atoms with Crippen LogP contribution in [0, 0.1) is 0 Å². The van der Waals surface area contributed by atoms with Gasteiger partial charge in [-0.25, -0.2) is 0 Å². The van der Waals surface area contributed by atoms with E-state index in [1.807, 2.05) is 30.3 Å². The van der Waals surface area contributed by atoms with E-state index in [0.717, 1.165) is 29.2 Å². The summed E-state index contributed by atoms with van der Waals surface area (Å²) in [6, 6.07) is 15.5. The number of hydrogen-bond donors (Lipinski definition) is 2. The molecule has 2 aromatic carbocycles. The zero-order valence-electron chi connectivity index (χ0n) is 12.4. The molecule has 2 aromatic rings. The number of nitrogens with one attached hydrogen (secondary N) is 2. The smallest absolute Gasteiger partial charge is 0.252 e. The summed E-state index contributed by atoms with van der Waals surface area (Å²) in [6.07, 6.45) is 4.64. The Morgan fingerprint density at radius 3 is 2.45 bits per heavy atom. The van der Waals surface area contributed by atoms with Crippen LogP contribution in [0.2, 0.25) is 0 Å². The highest BCUT2D eigenvalue weighted by Crippen LogP contribution is 2.27. The highest BCUT2D eigenvalue weighted by molar-refractivity contribution is 6.07. The summed E-state index contributed by atoms with van der Waals surface area (Å²) in [7, 11) is 0. The lowest BCUT2D eigenvalue weighted by molar-refractivity contribution is 0.0925. The molecule has 2 bridgehead atoms. The van der Waals surface area contributed by atoms with Crippen molar-refractivity contribution in [1.29, 1.82) is 0 Å². The number of rotatable bonds is 2. The van der Waals surface area contributed by atoms with Crippen molar-refractivity contribution < 1.29 is 4.79 Å². The first-order valence-corrected chi connectivity index (χ1v) is 7.84. The predicted molar refractivity (Wildman–Crippen MR) is 91.6 cm³/mol. The van der Waals surface area contributed by atoms with E-state index in [-0.39, 0.29) is 18.3 Å². The highest BCUT2D eigenvalue weighted by Gasteiger charge is 2.34. The van der Waals surface area contributed by atoms with E-state index in [4.69, 9.17) is 0 Å². The molecule has 2 aliphatic rings. The van der Waals surface area contributed by atoms with E-state index < -0.39 is 0 Å². The normalized spacial score (nSPS) is 26.5. The molecule has 116 valence electrons. The van der Waals surface area contributed by atoms with Crippen LogP contribution in [0.4, 0.5) is 0 Å². The summed E-state index contributed by atoms with van der Waals surface area (Å²) < 4.78 is 0. The van der Waals surface area contributed by atoms with Gasteiger partial charge >= 0.3 is 0 Å². The first kappa shape index (κ1) is 15.3. The zero-order valence-corrected chi connectivity index (χ0v) is 13.2. The van der Waals surface area contributed by atoms with E-state index in [9.17, 15) is 4.79 Å². The molecule has 2 atom stereocenters. The first-order valence-electron chi connectivity index (χ1n) is 7.84. The van der Waals surface area contributed by atoms with Crippen LogP contribution in [-0.4, -0.2) is 24.0 Å². The minimum Gasteiger partial charge on any atom is -0.349 e. The second kappa shape index (κ2) is 6.27. The van der Waals surface area contributed by atoms with Crippen LogP contribution in [-0.2, 0) is 0 Å². The monoisotopic (exact) mass is 316 g/mol. The van der Waals surface area contributed by atoms with Gasteiger partial charge in [0.1, 0.15) is 0 Å². The van der Waals surface area contributed by atoms with Gasteiger partial charge in [0.2, 0.25) is 0 Å². The number of fused-ring (bicyclic) bond motifs is 3. The molecule has 2 fully saturated rings. The summed E-state index contributed by atoms with van der Waals surface area (Å²) in [6.45, 7) is 0. The van der Waals surface area contributed by atoms with Crippen LogP contribution < -0.4 is 10.6 Å². The number of piperidine rings is 1. The molecule has 2 unspecified atom stereocenters. The maximum Gasteiger partial charge on any atom is 0.252 e. The molecule has 1 amide bonds. The fourth-order valence-corrected chi connectivity index (χ4v) is 3.86. The first-order chi connectivity index (χ1) is 10.3. The summed E-state index contributed by atoms with van der Waals surface area (Å²) >= 11 is 0. The summed E-state index contributed by atoms with van der Waals surface area (Å²) in [5.41, 5.74) is 0.791. The van der Waals surface area contributed by atoms with Crippen LogP contribution in [0.3, 0.4) is 0 Å². The van der Waals surface area contributed by atoms with Gasteiger partial charge in [-0.1, -0.05) is 36.4 Å². The predicted octanol–water partition coefficient (Wildman–Crippen LogP) is 3.27. The van der Waals surface area contributed by atoms with E-state index >= 15 is 0 Å². The van der Waals surface area contributed by atoms with Crippen LogP contribution in [0.1, 0.15) is 36.0 Å². The number of benzene rings is 2. The van der Waals surface area contributed by atoms with Crippen LogP contribution in [0.5, 0.6) is 0 Å². The van der Waals surface area contributed by atoms with Crippen molar-refractivity contribution in [3.05, 3.63) is 48.0 Å². The zero-order chi connectivity index (χ0) is 14.2. The quantitative estimate of drug-likeness (QED) is 0.893. The number of carbonyl (C=O) groups excluding carboxylic acids is 1. The highest BCUT2D eigenvalue weighted by atomic mass is 35.5. The molecular formula is C18H21ClN2O. The van der Waals surface area contributed by atoms with Crippen molar-refractivity contribution in [3.63, 3.8) is 0 Å². The summed E-state index contributed by atoms with van der Waals surface area (Å²) in [4.78, 5) is 12.6. The number of hydrogen-bond acceptors (Lipinski definition) is 2. The second-order valence-electron chi connectivity index (χ2n) is 6.31.